The highest BCUT2D eigenvalue weighted by atomic mass is 19.4. The molecule has 1 rings (SSSR count). The first-order valence-corrected chi connectivity index (χ1v) is 5.81. The first-order chi connectivity index (χ1) is 8.90. The van der Waals surface area contributed by atoms with Gasteiger partial charge in [-0.05, 0) is 13.3 Å². The predicted octanol–water partition coefficient (Wildman–Crippen LogP) is 2.32. The van der Waals surface area contributed by atoms with E-state index >= 15 is 0 Å². The highest BCUT2D eigenvalue weighted by Crippen LogP contribution is 2.21. The third-order valence-electron chi connectivity index (χ3n) is 2.06. The maximum atomic E-state index is 11.9. The summed E-state index contributed by atoms with van der Waals surface area (Å²) in [5.41, 5.74) is 5.54. The Bertz CT molecular complexity index is 399. The summed E-state index contributed by atoms with van der Waals surface area (Å²) in [7, 11) is 0. The number of nitrogen functional groups attached to an aromatic ring is 1. The largest absolute Gasteiger partial charge is 0.478 e. The van der Waals surface area contributed by atoms with Crippen LogP contribution in [0.5, 0.6) is 5.88 Å². The van der Waals surface area contributed by atoms with Crippen molar-refractivity contribution in [2.24, 2.45) is 0 Å². The summed E-state index contributed by atoms with van der Waals surface area (Å²) in [5.74, 6) is 0.688. The normalized spacial score (nSPS) is 11.6. The first-order valence-electron chi connectivity index (χ1n) is 5.81. The lowest BCUT2D eigenvalue weighted by Crippen LogP contribution is -2.11. The van der Waals surface area contributed by atoms with E-state index in [2.05, 4.69) is 9.97 Å². The summed E-state index contributed by atoms with van der Waals surface area (Å²) in [5, 5.41) is 0. The van der Waals surface area contributed by atoms with E-state index in [1.54, 1.807) is 0 Å². The number of alkyl halides is 3. The van der Waals surface area contributed by atoms with Crippen LogP contribution in [0.1, 0.15) is 25.6 Å². The third-order valence-corrected chi connectivity index (χ3v) is 2.06. The molecule has 0 atom stereocenters. The second-order valence-electron chi connectivity index (χ2n) is 3.75. The molecule has 1 aromatic rings. The fourth-order valence-corrected chi connectivity index (χ4v) is 1.27. The molecule has 8 heteroatoms. The molecule has 0 aliphatic carbocycles. The predicted molar refractivity (Wildman–Crippen MR) is 62.6 cm³/mol. The van der Waals surface area contributed by atoms with Crippen molar-refractivity contribution in [3.8, 4) is 5.88 Å². The zero-order valence-corrected chi connectivity index (χ0v) is 10.5. The summed E-state index contributed by atoms with van der Waals surface area (Å²) in [6, 6.07) is 1.36. The minimum Gasteiger partial charge on any atom is -0.478 e. The molecule has 5 nitrogen and oxygen atoms in total. The molecule has 0 unspecified atom stereocenters. The van der Waals surface area contributed by atoms with Crippen molar-refractivity contribution in [1.82, 2.24) is 9.97 Å². The molecule has 0 radical (unpaired) electrons. The quantitative estimate of drug-likeness (QED) is 0.776. The van der Waals surface area contributed by atoms with E-state index in [0.29, 0.717) is 12.4 Å². The van der Waals surface area contributed by atoms with Crippen LogP contribution in [0, 0.1) is 0 Å². The van der Waals surface area contributed by atoms with Gasteiger partial charge in [-0.15, -0.1) is 0 Å². The SMILES string of the molecule is CCOCc1nc(N)cc(OCCCC(F)(F)F)n1. The highest BCUT2D eigenvalue weighted by molar-refractivity contribution is 5.32. The second-order valence-corrected chi connectivity index (χ2v) is 3.75. The molecule has 1 heterocycles. The minimum atomic E-state index is -4.17. The summed E-state index contributed by atoms with van der Waals surface area (Å²) < 4.78 is 46.0. The third kappa shape index (κ3) is 6.80. The average Bonchev–Trinajstić information content (AvgIpc) is 2.30. The molecule has 2 N–H and O–H groups in total. The van der Waals surface area contributed by atoms with Crippen molar-refractivity contribution >= 4 is 5.82 Å². The summed E-state index contributed by atoms with van der Waals surface area (Å²) in [6.45, 7) is 2.42. The van der Waals surface area contributed by atoms with E-state index in [1.165, 1.54) is 6.07 Å². The van der Waals surface area contributed by atoms with E-state index in [4.69, 9.17) is 15.2 Å². The molecular weight excluding hydrogens is 263 g/mol. The lowest BCUT2D eigenvalue weighted by Gasteiger charge is -2.09. The second kappa shape index (κ2) is 7.13. The van der Waals surface area contributed by atoms with Gasteiger partial charge in [0.05, 0.1) is 6.61 Å². The number of hydrogen-bond donors (Lipinski definition) is 1. The van der Waals surface area contributed by atoms with Crippen molar-refractivity contribution in [1.29, 1.82) is 0 Å². The number of rotatable bonds is 7. The Hall–Kier alpha value is -1.57. The Morgan fingerprint density at radius 2 is 2.05 bits per heavy atom. The van der Waals surface area contributed by atoms with Gasteiger partial charge in [0.25, 0.3) is 0 Å². The molecule has 0 spiro atoms. The van der Waals surface area contributed by atoms with E-state index in [-0.39, 0.29) is 31.3 Å². The van der Waals surface area contributed by atoms with Gasteiger partial charge in [-0.1, -0.05) is 0 Å². The van der Waals surface area contributed by atoms with Gasteiger partial charge < -0.3 is 15.2 Å². The van der Waals surface area contributed by atoms with Crippen LogP contribution < -0.4 is 10.5 Å². The van der Waals surface area contributed by atoms with Crippen molar-refractivity contribution in [3.63, 3.8) is 0 Å². The van der Waals surface area contributed by atoms with Gasteiger partial charge in [-0.3, -0.25) is 0 Å². The van der Waals surface area contributed by atoms with Gasteiger partial charge in [0.15, 0.2) is 5.82 Å². The Morgan fingerprint density at radius 3 is 2.68 bits per heavy atom. The molecule has 108 valence electrons. The molecule has 0 bridgehead atoms. The van der Waals surface area contributed by atoms with Gasteiger partial charge >= 0.3 is 6.18 Å². The number of halogens is 3. The molecule has 0 fully saturated rings. The summed E-state index contributed by atoms with van der Waals surface area (Å²) in [6.07, 6.45) is -5.19. The van der Waals surface area contributed by atoms with Crippen LogP contribution >= 0.6 is 0 Å². The molecular formula is C11H16F3N3O2. The van der Waals surface area contributed by atoms with E-state index in [9.17, 15) is 13.2 Å². The monoisotopic (exact) mass is 279 g/mol. The van der Waals surface area contributed by atoms with Crippen LogP contribution in [0.4, 0.5) is 19.0 Å². The lowest BCUT2D eigenvalue weighted by molar-refractivity contribution is -0.136. The maximum Gasteiger partial charge on any atom is 0.389 e. The molecule has 0 aromatic carbocycles. The van der Waals surface area contributed by atoms with E-state index < -0.39 is 12.6 Å². The minimum absolute atomic E-state index is 0.0793. The Kier molecular flexibility index (Phi) is 5.81. The molecule has 19 heavy (non-hydrogen) atoms. The molecule has 0 aliphatic rings. The standard InChI is InChI=1S/C11H16F3N3O2/c1-2-18-7-9-16-8(15)6-10(17-9)19-5-3-4-11(12,13)14/h6H,2-5,7H2,1H3,(H2,15,16,17). The van der Waals surface area contributed by atoms with Crippen LogP contribution in [-0.2, 0) is 11.3 Å². The van der Waals surface area contributed by atoms with Gasteiger partial charge in [0, 0.05) is 19.1 Å². The van der Waals surface area contributed by atoms with Gasteiger partial charge in [0.1, 0.15) is 12.4 Å². The molecule has 0 aliphatic heterocycles. The Balaban J connectivity index is 2.46. The van der Waals surface area contributed by atoms with Crippen molar-refractivity contribution in [3.05, 3.63) is 11.9 Å². The topological polar surface area (TPSA) is 70.3 Å². The number of anilines is 1. The number of nitrogens with two attached hydrogens (primary N) is 1. The van der Waals surface area contributed by atoms with Gasteiger partial charge in [-0.25, -0.2) is 4.98 Å². The van der Waals surface area contributed by atoms with E-state index in [0.717, 1.165) is 0 Å². The smallest absolute Gasteiger partial charge is 0.389 e. The summed E-state index contributed by atoms with van der Waals surface area (Å²) >= 11 is 0. The molecule has 0 saturated heterocycles. The average molecular weight is 279 g/mol. The fourth-order valence-electron chi connectivity index (χ4n) is 1.27. The van der Waals surface area contributed by atoms with Crippen molar-refractivity contribution in [2.75, 3.05) is 18.9 Å². The summed E-state index contributed by atoms with van der Waals surface area (Å²) in [4.78, 5) is 7.91. The fraction of sp³-hybridized carbons (Fsp3) is 0.636. The highest BCUT2D eigenvalue weighted by Gasteiger charge is 2.26. The van der Waals surface area contributed by atoms with Crippen LogP contribution in [0.25, 0.3) is 0 Å². The molecule has 0 amide bonds. The zero-order chi connectivity index (χ0) is 14.3. The molecule has 0 saturated carbocycles. The number of aromatic nitrogens is 2. The number of ether oxygens (including phenoxy) is 2. The van der Waals surface area contributed by atoms with Gasteiger partial charge in [0.2, 0.25) is 5.88 Å². The van der Waals surface area contributed by atoms with Crippen molar-refractivity contribution in [2.45, 2.75) is 32.5 Å². The van der Waals surface area contributed by atoms with Crippen molar-refractivity contribution < 1.29 is 22.6 Å². The Labute approximate surface area is 108 Å². The number of nitrogens with zero attached hydrogens (tertiary/aromatic N) is 2. The first kappa shape index (κ1) is 15.5. The van der Waals surface area contributed by atoms with Crippen LogP contribution in [0.3, 0.4) is 0 Å². The van der Waals surface area contributed by atoms with Crippen LogP contribution in [0.2, 0.25) is 0 Å². The van der Waals surface area contributed by atoms with Crippen LogP contribution in [0.15, 0.2) is 6.07 Å². The lowest BCUT2D eigenvalue weighted by atomic mass is 10.3. The zero-order valence-electron chi connectivity index (χ0n) is 10.5. The number of hydrogen-bond acceptors (Lipinski definition) is 5. The van der Waals surface area contributed by atoms with Gasteiger partial charge in [-0.2, -0.15) is 18.2 Å². The molecule has 1 aromatic heterocycles. The van der Waals surface area contributed by atoms with E-state index in [1.807, 2.05) is 6.92 Å². The van der Waals surface area contributed by atoms with Crippen LogP contribution in [-0.4, -0.2) is 29.4 Å². The maximum absolute atomic E-state index is 11.9. The Morgan fingerprint density at radius 1 is 1.32 bits per heavy atom.